The summed E-state index contributed by atoms with van der Waals surface area (Å²) >= 11 is 1.75. The maximum absolute atomic E-state index is 6.00. The number of aryl methyl sites for hydroxylation is 1. The van der Waals surface area contributed by atoms with Crippen LogP contribution in [0.4, 0.5) is 0 Å². The summed E-state index contributed by atoms with van der Waals surface area (Å²) in [5, 5.41) is 0. The molecule has 0 radical (unpaired) electrons. The van der Waals surface area contributed by atoms with Gasteiger partial charge in [0.15, 0.2) is 6.29 Å². The maximum atomic E-state index is 6.00. The van der Waals surface area contributed by atoms with Crippen molar-refractivity contribution < 1.29 is 9.47 Å². The van der Waals surface area contributed by atoms with Crippen LogP contribution in [-0.2, 0) is 15.9 Å². The molecule has 0 atom stereocenters. The lowest BCUT2D eigenvalue weighted by Gasteiger charge is -2.28. The lowest BCUT2D eigenvalue weighted by atomic mass is 10.0. The molecule has 1 fully saturated rings. The average Bonchev–Trinajstić information content (AvgIpc) is 3.20. The van der Waals surface area contributed by atoms with E-state index >= 15 is 0 Å². The van der Waals surface area contributed by atoms with Gasteiger partial charge in [-0.2, -0.15) is 0 Å². The van der Waals surface area contributed by atoms with Crippen molar-refractivity contribution in [2.24, 2.45) is 5.92 Å². The quantitative estimate of drug-likeness (QED) is 0.421. The van der Waals surface area contributed by atoms with Crippen molar-refractivity contribution >= 4 is 11.3 Å². The minimum atomic E-state index is -0.201. The van der Waals surface area contributed by atoms with Crippen LogP contribution in [-0.4, -0.2) is 18.2 Å². The molecule has 27 heavy (non-hydrogen) atoms. The Bertz CT molecular complexity index is 659. The van der Waals surface area contributed by atoms with Crippen LogP contribution in [0.5, 0.6) is 0 Å². The Balaban J connectivity index is 1.51. The molecule has 1 aliphatic rings. The minimum Gasteiger partial charge on any atom is -0.347 e. The Hall–Kier alpha value is -1.23. The van der Waals surface area contributed by atoms with E-state index in [1.807, 2.05) is 6.20 Å². The Kier molecular flexibility index (Phi) is 8.31. The molecule has 0 N–H and O–H groups in total. The molecule has 2 aromatic heterocycles. The fraction of sp³-hybridized carbons (Fsp3) is 0.609. The Morgan fingerprint density at radius 1 is 0.963 bits per heavy atom. The number of aromatic nitrogens is 1. The predicted octanol–water partition coefficient (Wildman–Crippen LogP) is 6.78. The Morgan fingerprint density at radius 2 is 1.74 bits per heavy atom. The van der Waals surface area contributed by atoms with E-state index in [4.69, 9.17) is 9.47 Å². The predicted molar refractivity (Wildman–Crippen MR) is 113 cm³/mol. The molecule has 0 spiro atoms. The highest BCUT2D eigenvalue weighted by molar-refractivity contribution is 7.15. The SMILES string of the molecule is CCCCCc1ccc(-c2ccc([C@H]3OC[C@H](CCCCC)CO3)s2)cn1. The van der Waals surface area contributed by atoms with Crippen LogP contribution in [0.25, 0.3) is 10.4 Å². The highest BCUT2D eigenvalue weighted by Crippen LogP contribution is 2.35. The van der Waals surface area contributed by atoms with Gasteiger partial charge in [0.25, 0.3) is 0 Å². The first-order valence-corrected chi connectivity index (χ1v) is 11.4. The van der Waals surface area contributed by atoms with Crippen LogP contribution in [0.15, 0.2) is 30.5 Å². The Labute approximate surface area is 168 Å². The summed E-state index contributed by atoms with van der Waals surface area (Å²) in [7, 11) is 0. The van der Waals surface area contributed by atoms with E-state index in [2.05, 4.69) is 43.1 Å². The fourth-order valence-electron chi connectivity index (χ4n) is 3.47. The van der Waals surface area contributed by atoms with E-state index in [9.17, 15) is 0 Å². The van der Waals surface area contributed by atoms with Crippen molar-refractivity contribution in [1.82, 2.24) is 4.98 Å². The summed E-state index contributed by atoms with van der Waals surface area (Å²) in [5.41, 5.74) is 2.37. The normalized spacial score (nSPS) is 20.1. The number of nitrogens with zero attached hydrogens (tertiary/aromatic N) is 1. The Morgan fingerprint density at radius 3 is 2.44 bits per heavy atom. The second-order valence-corrected chi connectivity index (χ2v) is 8.67. The number of hydrogen-bond acceptors (Lipinski definition) is 4. The van der Waals surface area contributed by atoms with Gasteiger partial charge in [-0.05, 0) is 37.5 Å². The maximum Gasteiger partial charge on any atom is 0.193 e. The number of rotatable bonds is 10. The topological polar surface area (TPSA) is 31.4 Å². The summed E-state index contributed by atoms with van der Waals surface area (Å²) in [6, 6.07) is 8.65. The van der Waals surface area contributed by atoms with Gasteiger partial charge in [-0.1, -0.05) is 52.0 Å². The lowest BCUT2D eigenvalue weighted by Crippen LogP contribution is -2.26. The zero-order valence-electron chi connectivity index (χ0n) is 16.8. The molecule has 0 amide bonds. The molecule has 2 aromatic rings. The van der Waals surface area contributed by atoms with E-state index in [1.54, 1.807) is 11.3 Å². The number of pyridine rings is 1. The zero-order chi connectivity index (χ0) is 18.9. The highest BCUT2D eigenvalue weighted by atomic mass is 32.1. The molecular formula is C23H33NO2S. The molecule has 0 aromatic carbocycles. The van der Waals surface area contributed by atoms with Gasteiger partial charge in [-0.25, -0.2) is 0 Å². The van der Waals surface area contributed by atoms with Crippen LogP contribution < -0.4 is 0 Å². The summed E-state index contributed by atoms with van der Waals surface area (Å²) in [4.78, 5) is 7.03. The number of thiophene rings is 1. The van der Waals surface area contributed by atoms with Crippen LogP contribution in [0.3, 0.4) is 0 Å². The first kappa shape index (κ1) is 20.5. The molecular weight excluding hydrogens is 354 g/mol. The third-order valence-electron chi connectivity index (χ3n) is 5.19. The lowest BCUT2D eigenvalue weighted by molar-refractivity contribution is -0.204. The second-order valence-electron chi connectivity index (χ2n) is 7.56. The first-order valence-electron chi connectivity index (χ1n) is 10.6. The molecule has 0 bridgehead atoms. The summed E-state index contributed by atoms with van der Waals surface area (Å²) in [5.74, 6) is 0.552. The van der Waals surface area contributed by atoms with Gasteiger partial charge in [0.2, 0.25) is 0 Å². The van der Waals surface area contributed by atoms with Crippen molar-refractivity contribution in [2.45, 2.75) is 71.5 Å². The van der Waals surface area contributed by atoms with Crippen molar-refractivity contribution in [2.75, 3.05) is 13.2 Å². The van der Waals surface area contributed by atoms with Gasteiger partial charge in [0.1, 0.15) is 0 Å². The molecule has 0 saturated carbocycles. The summed E-state index contributed by atoms with van der Waals surface area (Å²) < 4.78 is 12.0. The van der Waals surface area contributed by atoms with Crippen LogP contribution >= 0.6 is 11.3 Å². The second kappa shape index (κ2) is 10.9. The zero-order valence-corrected chi connectivity index (χ0v) is 17.6. The van der Waals surface area contributed by atoms with Gasteiger partial charge in [0, 0.05) is 28.2 Å². The number of ether oxygens (including phenoxy) is 2. The largest absolute Gasteiger partial charge is 0.347 e. The average molecular weight is 388 g/mol. The molecule has 1 saturated heterocycles. The molecule has 0 aliphatic carbocycles. The van der Waals surface area contributed by atoms with Crippen molar-refractivity contribution in [1.29, 1.82) is 0 Å². The number of hydrogen-bond donors (Lipinski definition) is 0. The van der Waals surface area contributed by atoms with Gasteiger partial charge in [-0.15, -0.1) is 11.3 Å². The number of unbranched alkanes of at least 4 members (excludes halogenated alkanes) is 4. The van der Waals surface area contributed by atoms with E-state index in [0.29, 0.717) is 5.92 Å². The highest BCUT2D eigenvalue weighted by Gasteiger charge is 2.24. The van der Waals surface area contributed by atoms with E-state index in [0.717, 1.165) is 24.5 Å². The minimum absolute atomic E-state index is 0.201. The molecule has 0 unspecified atom stereocenters. The third kappa shape index (κ3) is 6.13. The smallest absolute Gasteiger partial charge is 0.193 e. The van der Waals surface area contributed by atoms with Crippen molar-refractivity contribution in [3.05, 3.63) is 41.0 Å². The summed E-state index contributed by atoms with van der Waals surface area (Å²) in [6.07, 6.45) is 11.7. The fourth-order valence-corrected chi connectivity index (χ4v) is 4.46. The van der Waals surface area contributed by atoms with Crippen molar-refractivity contribution in [3.8, 4) is 10.4 Å². The molecule has 3 nitrogen and oxygen atoms in total. The van der Waals surface area contributed by atoms with E-state index in [-0.39, 0.29) is 6.29 Å². The van der Waals surface area contributed by atoms with Gasteiger partial charge in [-0.3, -0.25) is 4.98 Å². The van der Waals surface area contributed by atoms with Crippen molar-refractivity contribution in [3.63, 3.8) is 0 Å². The molecule has 4 heteroatoms. The standard InChI is InChI=1S/C23H33NO2S/c1-3-5-7-9-18-16-25-23(26-17-18)22-14-13-21(27-22)19-11-12-20(24-15-19)10-8-6-4-2/h11-15,18,23H,3-10,16-17H2,1-2H3/t18-,23-. The van der Waals surface area contributed by atoms with Crippen LogP contribution in [0.1, 0.15) is 75.7 Å². The first-order chi connectivity index (χ1) is 13.3. The molecule has 3 heterocycles. The van der Waals surface area contributed by atoms with Crippen LogP contribution in [0, 0.1) is 5.92 Å². The van der Waals surface area contributed by atoms with Gasteiger partial charge < -0.3 is 9.47 Å². The van der Waals surface area contributed by atoms with Gasteiger partial charge >= 0.3 is 0 Å². The van der Waals surface area contributed by atoms with E-state index in [1.165, 1.54) is 61.1 Å². The van der Waals surface area contributed by atoms with Crippen LogP contribution in [0.2, 0.25) is 0 Å². The molecule has 1 aliphatic heterocycles. The summed E-state index contributed by atoms with van der Waals surface area (Å²) in [6.45, 7) is 6.11. The van der Waals surface area contributed by atoms with E-state index < -0.39 is 0 Å². The molecule has 148 valence electrons. The monoisotopic (exact) mass is 387 g/mol. The van der Waals surface area contributed by atoms with Gasteiger partial charge in [0.05, 0.1) is 18.1 Å². The third-order valence-corrected chi connectivity index (χ3v) is 6.34. The molecule has 3 rings (SSSR count).